The van der Waals surface area contributed by atoms with Crippen molar-refractivity contribution in [2.75, 3.05) is 13.2 Å². The molecule has 0 bridgehead atoms. The molecule has 368 valence electrons. The summed E-state index contributed by atoms with van der Waals surface area (Å²) in [7, 11) is 0. The van der Waals surface area contributed by atoms with Crippen LogP contribution in [-0.2, 0) is 28.6 Å². The number of esters is 3. The Kier molecular flexibility index (Phi) is 47.6. The van der Waals surface area contributed by atoms with Crippen LogP contribution in [-0.4, -0.2) is 37.2 Å². The maximum absolute atomic E-state index is 12.8. The summed E-state index contributed by atoms with van der Waals surface area (Å²) in [5.74, 6) is 0.818. The molecule has 0 unspecified atom stereocenters. The van der Waals surface area contributed by atoms with Gasteiger partial charge in [0.05, 0.1) is 0 Å². The van der Waals surface area contributed by atoms with Gasteiger partial charge in [0.2, 0.25) is 0 Å². The Bertz CT molecular complexity index is 947. The van der Waals surface area contributed by atoms with E-state index in [1.807, 2.05) is 0 Å². The lowest BCUT2D eigenvalue weighted by Crippen LogP contribution is -2.30. The van der Waals surface area contributed by atoms with E-state index in [2.05, 4.69) is 34.6 Å². The minimum Gasteiger partial charge on any atom is -0.462 e. The third-order valence-electron chi connectivity index (χ3n) is 12.7. The van der Waals surface area contributed by atoms with Crippen LogP contribution in [0.1, 0.15) is 311 Å². The Morgan fingerprint density at radius 2 is 0.532 bits per heavy atom. The molecule has 0 fully saturated rings. The van der Waals surface area contributed by atoms with Crippen LogP contribution in [0, 0.1) is 11.8 Å². The number of rotatable bonds is 50. The first-order valence-electron chi connectivity index (χ1n) is 27.7. The van der Waals surface area contributed by atoms with Gasteiger partial charge in [0, 0.05) is 19.3 Å². The molecule has 0 aromatic heterocycles. The summed E-state index contributed by atoms with van der Waals surface area (Å²) < 4.78 is 16.8. The molecule has 0 aliphatic carbocycles. The van der Waals surface area contributed by atoms with Gasteiger partial charge in [0.25, 0.3) is 0 Å². The molecule has 0 aliphatic rings. The Labute approximate surface area is 387 Å². The van der Waals surface area contributed by atoms with Gasteiger partial charge in [-0.15, -0.1) is 0 Å². The van der Waals surface area contributed by atoms with Crippen molar-refractivity contribution in [3.63, 3.8) is 0 Å². The zero-order valence-corrected chi connectivity index (χ0v) is 42.5. The molecule has 0 rings (SSSR count). The van der Waals surface area contributed by atoms with Gasteiger partial charge in [0.15, 0.2) is 6.10 Å². The fourth-order valence-corrected chi connectivity index (χ4v) is 8.52. The Hall–Kier alpha value is -1.59. The Balaban J connectivity index is 4.26. The van der Waals surface area contributed by atoms with Crippen LogP contribution < -0.4 is 0 Å². The molecule has 0 heterocycles. The minimum absolute atomic E-state index is 0.0631. The second kappa shape index (κ2) is 48.9. The molecule has 6 nitrogen and oxygen atoms in total. The molecule has 62 heavy (non-hydrogen) atoms. The van der Waals surface area contributed by atoms with E-state index in [0.717, 1.165) is 69.6 Å². The molecule has 0 saturated heterocycles. The van der Waals surface area contributed by atoms with Gasteiger partial charge in [-0.2, -0.15) is 0 Å². The fourth-order valence-electron chi connectivity index (χ4n) is 8.52. The number of unbranched alkanes of at least 4 members (excludes halogenated alkanes) is 35. The first-order valence-corrected chi connectivity index (χ1v) is 27.7. The predicted molar refractivity (Wildman–Crippen MR) is 266 cm³/mol. The number of hydrogen-bond acceptors (Lipinski definition) is 6. The van der Waals surface area contributed by atoms with Gasteiger partial charge in [-0.25, -0.2) is 0 Å². The first-order chi connectivity index (χ1) is 30.2. The lowest BCUT2D eigenvalue weighted by molar-refractivity contribution is -0.167. The van der Waals surface area contributed by atoms with Crippen molar-refractivity contribution in [3.05, 3.63) is 0 Å². The van der Waals surface area contributed by atoms with Crippen molar-refractivity contribution in [1.29, 1.82) is 0 Å². The lowest BCUT2D eigenvalue weighted by atomic mass is 10.0. The quantitative estimate of drug-likeness (QED) is 0.0344. The summed E-state index contributed by atoms with van der Waals surface area (Å²) in [6.07, 6.45) is 50.9. The van der Waals surface area contributed by atoms with Gasteiger partial charge >= 0.3 is 17.9 Å². The Morgan fingerprint density at radius 1 is 0.306 bits per heavy atom. The number of carbonyl (C=O) groups is 3. The zero-order valence-electron chi connectivity index (χ0n) is 42.5. The van der Waals surface area contributed by atoms with Crippen molar-refractivity contribution in [2.24, 2.45) is 11.8 Å². The summed E-state index contributed by atoms with van der Waals surface area (Å²) in [5.41, 5.74) is 0. The van der Waals surface area contributed by atoms with E-state index >= 15 is 0 Å². The van der Waals surface area contributed by atoms with Crippen molar-refractivity contribution in [3.8, 4) is 0 Å². The summed E-state index contributed by atoms with van der Waals surface area (Å²) in [6.45, 7) is 11.4. The summed E-state index contributed by atoms with van der Waals surface area (Å²) >= 11 is 0. The van der Waals surface area contributed by atoms with Gasteiger partial charge in [-0.05, 0) is 31.1 Å². The van der Waals surface area contributed by atoms with Crippen molar-refractivity contribution >= 4 is 17.9 Å². The van der Waals surface area contributed by atoms with Gasteiger partial charge in [-0.3, -0.25) is 14.4 Å². The van der Waals surface area contributed by atoms with E-state index in [9.17, 15) is 14.4 Å². The second-order valence-electron chi connectivity index (χ2n) is 20.2. The third kappa shape index (κ3) is 49.4. The largest absolute Gasteiger partial charge is 0.462 e. The molecule has 0 N–H and O–H groups in total. The monoisotopic (exact) mass is 877 g/mol. The highest BCUT2D eigenvalue weighted by Crippen LogP contribution is 2.18. The highest BCUT2D eigenvalue weighted by molar-refractivity contribution is 5.71. The normalized spacial score (nSPS) is 12.0. The standard InChI is InChI=1S/C56H108O6/c1-6-7-8-9-10-11-12-17-22-27-33-38-43-48-56(59)62-53(50-61-55(58)47-42-37-32-28-23-25-30-35-40-45-52(4)5)49-60-54(57)46-41-36-31-26-21-19-16-14-13-15-18-20-24-29-34-39-44-51(2)3/h51-53H,6-50H2,1-5H3/t53-/m0/s1. The van der Waals surface area contributed by atoms with Crippen LogP contribution in [0.2, 0.25) is 0 Å². The van der Waals surface area contributed by atoms with E-state index in [0.29, 0.717) is 19.3 Å². The smallest absolute Gasteiger partial charge is 0.306 e. The average molecular weight is 877 g/mol. The van der Waals surface area contributed by atoms with Crippen molar-refractivity contribution in [2.45, 2.75) is 317 Å². The first kappa shape index (κ1) is 60.4. The van der Waals surface area contributed by atoms with Crippen LogP contribution in [0.25, 0.3) is 0 Å². The van der Waals surface area contributed by atoms with E-state index in [-0.39, 0.29) is 31.1 Å². The second-order valence-corrected chi connectivity index (χ2v) is 20.2. The van der Waals surface area contributed by atoms with E-state index in [1.165, 1.54) is 199 Å². The molecule has 1 atom stereocenters. The van der Waals surface area contributed by atoms with Gasteiger partial charge < -0.3 is 14.2 Å². The zero-order chi connectivity index (χ0) is 45.4. The van der Waals surface area contributed by atoms with E-state index in [4.69, 9.17) is 14.2 Å². The van der Waals surface area contributed by atoms with E-state index in [1.54, 1.807) is 0 Å². The molecule has 6 heteroatoms. The molecule has 0 spiro atoms. The molecule has 0 aromatic carbocycles. The number of carbonyl (C=O) groups excluding carboxylic acids is 3. The molecule has 0 aliphatic heterocycles. The summed E-state index contributed by atoms with van der Waals surface area (Å²) in [6, 6.07) is 0. The van der Waals surface area contributed by atoms with Gasteiger partial charge in [0.1, 0.15) is 13.2 Å². The van der Waals surface area contributed by atoms with Crippen molar-refractivity contribution < 1.29 is 28.6 Å². The topological polar surface area (TPSA) is 78.9 Å². The molecule has 0 radical (unpaired) electrons. The fraction of sp³-hybridized carbons (Fsp3) is 0.946. The van der Waals surface area contributed by atoms with Crippen LogP contribution >= 0.6 is 0 Å². The summed E-state index contributed by atoms with van der Waals surface area (Å²) in [4.78, 5) is 38.0. The van der Waals surface area contributed by atoms with Crippen molar-refractivity contribution in [1.82, 2.24) is 0 Å². The number of hydrogen-bond donors (Lipinski definition) is 0. The highest BCUT2D eigenvalue weighted by Gasteiger charge is 2.19. The predicted octanol–water partition coefficient (Wildman–Crippen LogP) is 18.1. The third-order valence-corrected chi connectivity index (χ3v) is 12.7. The molecular formula is C56H108O6. The molecule has 0 amide bonds. The molecule has 0 aromatic rings. The maximum atomic E-state index is 12.8. The SMILES string of the molecule is CCCCCCCCCCCCCCCC(=O)O[C@@H](COC(=O)CCCCCCCCCCCCCCCCCCC(C)C)COC(=O)CCCCCCCCCCCC(C)C. The highest BCUT2D eigenvalue weighted by atomic mass is 16.6. The van der Waals surface area contributed by atoms with E-state index < -0.39 is 6.10 Å². The molecular weight excluding hydrogens is 769 g/mol. The number of ether oxygens (including phenoxy) is 3. The van der Waals surface area contributed by atoms with Gasteiger partial charge in [-0.1, -0.05) is 272 Å². The minimum atomic E-state index is -0.762. The van der Waals surface area contributed by atoms with Crippen LogP contribution in [0.15, 0.2) is 0 Å². The van der Waals surface area contributed by atoms with Crippen LogP contribution in [0.4, 0.5) is 0 Å². The summed E-state index contributed by atoms with van der Waals surface area (Å²) in [5, 5.41) is 0. The average Bonchev–Trinajstić information content (AvgIpc) is 3.24. The Morgan fingerprint density at radius 3 is 0.790 bits per heavy atom. The maximum Gasteiger partial charge on any atom is 0.306 e. The van der Waals surface area contributed by atoms with Crippen LogP contribution in [0.3, 0.4) is 0 Å². The lowest BCUT2D eigenvalue weighted by Gasteiger charge is -2.18. The van der Waals surface area contributed by atoms with Crippen LogP contribution in [0.5, 0.6) is 0 Å². The molecule has 0 saturated carbocycles.